The third-order valence-electron chi connectivity index (χ3n) is 3.11. The summed E-state index contributed by atoms with van der Waals surface area (Å²) in [6.07, 6.45) is 2.05. The molecule has 0 spiro atoms. The largest absolute Gasteiger partial charge is 0.493 e. The Hall–Kier alpha value is -2.43. The highest BCUT2D eigenvalue weighted by atomic mass is 16.5. The Kier molecular flexibility index (Phi) is 3.98. The maximum atomic E-state index is 11.5. The highest BCUT2D eigenvalue weighted by molar-refractivity contribution is 5.97. The normalized spacial score (nSPS) is 10.3. The van der Waals surface area contributed by atoms with Crippen molar-refractivity contribution in [2.45, 2.75) is 13.3 Å². The van der Waals surface area contributed by atoms with Crippen molar-refractivity contribution >= 4 is 5.97 Å². The lowest BCUT2D eigenvalue weighted by molar-refractivity contribution is 0.0696. The van der Waals surface area contributed by atoms with Crippen LogP contribution in [-0.4, -0.2) is 25.3 Å². The minimum Gasteiger partial charge on any atom is -0.493 e. The summed E-state index contributed by atoms with van der Waals surface area (Å²) < 4.78 is 16.0. The SMILES string of the molecule is CCc1coc(-c2cccc(OC)c2OC)c1C(=O)O. The van der Waals surface area contributed by atoms with Gasteiger partial charge in [-0.3, -0.25) is 0 Å². The fraction of sp³-hybridized carbons (Fsp3) is 0.267. The molecule has 0 amide bonds. The van der Waals surface area contributed by atoms with Gasteiger partial charge in [-0.05, 0) is 18.6 Å². The summed E-state index contributed by atoms with van der Waals surface area (Å²) in [7, 11) is 3.03. The van der Waals surface area contributed by atoms with E-state index in [0.29, 0.717) is 29.0 Å². The minimum absolute atomic E-state index is 0.166. The smallest absolute Gasteiger partial charge is 0.339 e. The van der Waals surface area contributed by atoms with Crippen molar-refractivity contribution < 1.29 is 23.8 Å². The first-order valence-corrected chi connectivity index (χ1v) is 6.19. The van der Waals surface area contributed by atoms with Crippen LogP contribution in [0.25, 0.3) is 11.3 Å². The van der Waals surface area contributed by atoms with Gasteiger partial charge in [0, 0.05) is 5.56 Å². The topological polar surface area (TPSA) is 68.9 Å². The number of furan rings is 1. The minimum atomic E-state index is -1.02. The van der Waals surface area contributed by atoms with Crippen LogP contribution >= 0.6 is 0 Å². The van der Waals surface area contributed by atoms with Gasteiger partial charge in [0.2, 0.25) is 0 Å². The average Bonchev–Trinajstić information content (AvgIpc) is 2.90. The molecule has 0 saturated carbocycles. The second-order valence-electron chi connectivity index (χ2n) is 4.16. The summed E-state index contributed by atoms with van der Waals surface area (Å²) >= 11 is 0. The summed E-state index contributed by atoms with van der Waals surface area (Å²) in [4.78, 5) is 11.5. The second kappa shape index (κ2) is 5.69. The van der Waals surface area contributed by atoms with Gasteiger partial charge >= 0.3 is 5.97 Å². The fourth-order valence-corrected chi connectivity index (χ4v) is 2.15. The Labute approximate surface area is 116 Å². The van der Waals surface area contributed by atoms with Crippen molar-refractivity contribution in [3.63, 3.8) is 0 Å². The zero-order valence-corrected chi connectivity index (χ0v) is 11.6. The molecule has 20 heavy (non-hydrogen) atoms. The zero-order valence-electron chi connectivity index (χ0n) is 11.6. The van der Waals surface area contributed by atoms with E-state index < -0.39 is 5.97 Å². The van der Waals surface area contributed by atoms with Crippen LogP contribution in [0.5, 0.6) is 11.5 Å². The molecular weight excluding hydrogens is 260 g/mol. The van der Waals surface area contributed by atoms with Crippen LogP contribution in [0.4, 0.5) is 0 Å². The molecule has 0 saturated heterocycles. The van der Waals surface area contributed by atoms with Crippen LogP contribution in [0.2, 0.25) is 0 Å². The number of rotatable bonds is 5. The first kappa shape index (κ1) is 14.0. The first-order valence-electron chi connectivity index (χ1n) is 6.19. The van der Waals surface area contributed by atoms with Gasteiger partial charge in [0.15, 0.2) is 17.3 Å². The van der Waals surface area contributed by atoms with E-state index >= 15 is 0 Å². The number of hydrogen-bond acceptors (Lipinski definition) is 4. The molecule has 1 N–H and O–H groups in total. The number of hydrogen-bond donors (Lipinski definition) is 1. The van der Waals surface area contributed by atoms with Gasteiger partial charge < -0.3 is 19.0 Å². The van der Waals surface area contributed by atoms with Crippen LogP contribution in [0.3, 0.4) is 0 Å². The van der Waals surface area contributed by atoms with Crippen LogP contribution in [0.15, 0.2) is 28.9 Å². The lowest BCUT2D eigenvalue weighted by Gasteiger charge is -2.11. The standard InChI is InChI=1S/C15H16O5/c1-4-9-8-20-14(12(9)15(16)17)10-6-5-7-11(18-2)13(10)19-3/h5-8H,4H2,1-3H3,(H,16,17). The molecule has 2 rings (SSSR count). The van der Waals surface area contributed by atoms with Crippen molar-refractivity contribution in [2.24, 2.45) is 0 Å². The lowest BCUT2D eigenvalue weighted by atomic mass is 10.0. The highest BCUT2D eigenvalue weighted by Crippen LogP contribution is 2.40. The Bertz CT molecular complexity index is 627. The molecule has 0 fully saturated rings. The number of para-hydroxylation sites is 1. The molecule has 1 aromatic carbocycles. The van der Waals surface area contributed by atoms with Crippen molar-refractivity contribution in [1.82, 2.24) is 0 Å². The number of carboxylic acid groups (broad SMARTS) is 1. The molecule has 1 heterocycles. The van der Waals surface area contributed by atoms with Crippen LogP contribution in [0.1, 0.15) is 22.8 Å². The Morgan fingerprint density at radius 2 is 2.05 bits per heavy atom. The summed E-state index contributed by atoms with van der Waals surface area (Å²) in [6.45, 7) is 1.88. The number of ether oxygens (including phenoxy) is 2. The predicted molar refractivity (Wildman–Crippen MR) is 73.6 cm³/mol. The fourth-order valence-electron chi connectivity index (χ4n) is 2.15. The van der Waals surface area contributed by atoms with E-state index in [4.69, 9.17) is 13.9 Å². The number of benzene rings is 1. The Morgan fingerprint density at radius 3 is 2.60 bits per heavy atom. The zero-order chi connectivity index (χ0) is 14.7. The predicted octanol–water partition coefficient (Wildman–Crippen LogP) is 3.22. The summed E-state index contributed by atoms with van der Waals surface area (Å²) in [5.74, 6) is 0.242. The maximum absolute atomic E-state index is 11.5. The molecule has 1 aromatic heterocycles. The second-order valence-corrected chi connectivity index (χ2v) is 4.16. The Morgan fingerprint density at radius 1 is 1.30 bits per heavy atom. The van der Waals surface area contributed by atoms with Gasteiger partial charge in [-0.25, -0.2) is 4.79 Å². The number of carboxylic acids is 1. The van der Waals surface area contributed by atoms with Crippen molar-refractivity contribution in [1.29, 1.82) is 0 Å². The van der Waals surface area contributed by atoms with Crippen LogP contribution < -0.4 is 9.47 Å². The maximum Gasteiger partial charge on any atom is 0.339 e. The van der Waals surface area contributed by atoms with E-state index in [1.54, 1.807) is 18.2 Å². The number of aryl methyl sites for hydroxylation is 1. The first-order chi connectivity index (χ1) is 9.63. The number of carbonyl (C=O) groups is 1. The molecule has 0 aliphatic heterocycles. The van der Waals surface area contributed by atoms with Gasteiger partial charge in [-0.1, -0.05) is 13.0 Å². The molecule has 0 radical (unpaired) electrons. The summed E-state index contributed by atoms with van der Waals surface area (Å²) in [5.41, 5.74) is 1.38. The van der Waals surface area contributed by atoms with E-state index in [1.165, 1.54) is 20.5 Å². The van der Waals surface area contributed by atoms with Gasteiger partial charge in [0.05, 0.1) is 26.0 Å². The van der Waals surface area contributed by atoms with E-state index in [1.807, 2.05) is 6.92 Å². The molecule has 0 aliphatic carbocycles. The highest BCUT2D eigenvalue weighted by Gasteiger charge is 2.24. The van der Waals surface area contributed by atoms with E-state index in [9.17, 15) is 9.90 Å². The van der Waals surface area contributed by atoms with Crippen molar-refractivity contribution in [3.8, 4) is 22.8 Å². The molecular formula is C15H16O5. The monoisotopic (exact) mass is 276 g/mol. The molecule has 2 aromatic rings. The van der Waals surface area contributed by atoms with E-state index in [-0.39, 0.29) is 11.3 Å². The number of aromatic carboxylic acids is 1. The molecule has 0 unspecified atom stereocenters. The molecule has 0 aliphatic rings. The van der Waals surface area contributed by atoms with E-state index in [0.717, 1.165) is 0 Å². The average molecular weight is 276 g/mol. The summed E-state index contributed by atoms with van der Waals surface area (Å²) in [6, 6.07) is 5.25. The Balaban J connectivity index is 2.69. The summed E-state index contributed by atoms with van der Waals surface area (Å²) in [5, 5.41) is 9.39. The van der Waals surface area contributed by atoms with Crippen molar-refractivity contribution in [2.75, 3.05) is 14.2 Å². The lowest BCUT2D eigenvalue weighted by Crippen LogP contribution is -2.01. The van der Waals surface area contributed by atoms with Gasteiger partial charge in [-0.15, -0.1) is 0 Å². The molecule has 0 bridgehead atoms. The quantitative estimate of drug-likeness (QED) is 0.908. The van der Waals surface area contributed by atoms with Gasteiger partial charge in [0.25, 0.3) is 0 Å². The molecule has 5 nitrogen and oxygen atoms in total. The third kappa shape index (κ3) is 2.22. The molecule has 0 atom stereocenters. The van der Waals surface area contributed by atoms with Crippen LogP contribution in [-0.2, 0) is 6.42 Å². The third-order valence-corrected chi connectivity index (χ3v) is 3.11. The molecule has 5 heteroatoms. The van der Waals surface area contributed by atoms with Crippen LogP contribution in [0, 0.1) is 0 Å². The van der Waals surface area contributed by atoms with E-state index in [2.05, 4.69) is 0 Å². The van der Waals surface area contributed by atoms with Crippen molar-refractivity contribution in [3.05, 3.63) is 35.6 Å². The molecule has 106 valence electrons. The van der Waals surface area contributed by atoms with Gasteiger partial charge in [0.1, 0.15) is 5.56 Å². The van der Waals surface area contributed by atoms with Gasteiger partial charge in [-0.2, -0.15) is 0 Å². The number of methoxy groups -OCH3 is 2.